The monoisotopic (exact) mass is 438 g/mol. The summed E-state index contributed by atoms with van der Waals surface area (Å²) in [7, 11) is 0. The standard InChI is InChI=1S/C27H42N4O/c1-6-15-31(16-7-2)25-21(5)28-26(24-22(8-3)13-12-14-23(24)9-4)29-27(25)32-20-19-30-17-10-11-18-30/h12-14H,6-11,15-20H2,1-5H3. The average molecular weight is 439 g/mol. The van der Waals surface area contributed by atoms with Crippen molar-refractivity contribution >= 4 is 5.69 Å². The van der Waals surface area contributed by atoms with Gasteiger partial charge in [-0.15, -0.1) is 0 Å². The number of anilines is 1. The van der Waals surface area contributed by atoms with Crippen LogP contribution in [0.2, 0.25) is 0 Å². The second kappa shape index (κ2) is 12.2. The highest BCUT2D eigenvalue weighted by atomic mass is 16.5. The van der Waals surface area contributed by atoms with Crippen molar-refractivity contribution in [3.05, 3.63) is 35.0 Å². The first-order valence-corrected chi connectivity index (χ1v) is 12.7. The molecule has 2 heterocycles. The summed E-state index contributed by atoms with van der Waals surface area (Å²) in [5.74, 6) is 1.56. The summed E-state index contributed by atoms with van der Waals surface area (Å²) >= 11 is 0. The van der Waals surface area contributed by atoms with Crippen LogP contribution in [0, 0.1) is 6.92 Å². The topological polar surface area (TPSA) is 41.5 Å². The molecule has 0 bridgehead atoms. The van der Waals surface area contributed by atoms with Gasteiger partial charge in [0.15, 0.2) is 5.82 Å². The highest BCUT2D eigenvalue weighted by Gasteiger charge is 2.22. The number of benzene rings is 1. The van der Waals surface area contributed by atoms with Crippen LogP contribution in [0.25, 0.3) is 11.4 Å². The van der Waals surface area contributed by atoms with Crippen molar-refractivity contribution in [2.45, 2.75) is 73.1 Å². The molecule has 0 atom stereocenters. The van der Waals surface area contributed by atoms with Gasteiger partial charge in [-0.05, 0) is 69.7 Å². The lowest BCUT2D eigenvalue weighted by Crippen LogP contribution is -2.29. The van der Waals surface area contributed by atoms with E-state index in [0.717, 1.165) is 68.4 Å². The third-order valence-electron chi connectivity index (χ3n) is 6.40. The minimum absolute atomic E-state index is 0.672. The Morgan fingerprint density at radius 3 is 2.12 bits per heavy atom. The van der Waals surface area contributed by atoms with E-state index in [0.29, 0.717) is 6.61 Å². The van der Waals surface area contributed by atoms with Crippen LogP contribution < -0.4 is 9.64 Å². The fraction of sp³-hybridized carbons (Fsp3) is 0.630. The molecule has 5 heteroatoms. The van der Waals surface area contributed by atoms with Gasteiger partial charge in [0.25, 0.3) is 0 Å². The molecule has 1 aromatic heterocycles. The number of aryl methyl sites for hydroxylation is 3. The molecule has 1 saturated heterocycles. The summed E-state index contributed by atoms with van der Waals surface area (Å²) in [6, 6.07) is 6.56. The summed E-state index contributed by atoms with van der Waals surface area (Å²) < 4.78 is 6.43. The molecule has 1 aliphatic heterocycles. The largest absolute Gasteiger partial charge is 0.475 e. The predicted octanol–water partition coefficient (Wildman–Crippen LogP) is 5.68. The summed E-state index contributed by atoms with van der Waals surface area (Å²) in [5, 5.41) is 0. The van der Waals surface area contributed by atoms with E-state index >= 15 is 0 Å². The van der Waals surface area contributed by atoms with Crippen LogP contribution >= 0.6 is 0 Å². The molecule has 3 rings (SSSR count). The van der Waals surface area contributed by atoms with Crippen molar-refractivity contribution in [3.63, 3.8) is 0 Å². The van der Waals surface area contributed by atoms with Gasteiger partial charge in [0, 0.05) is 25.2 Å². The second-order valence-electron chi connectivity index (χ2n) is 8.83. The van der Waals surface area contributed by atoms with Gasteiger partial charge in [0.05, 0.1) is 5.69 Å². The van der Waals surface area contributed by atoms with Gasteiger partial charge in [-0.2, -0.15) is 4.98 Å². The molecule has 2 aromatic rings. The maximum Gasteiger partial charge on any atom is 0.241 e. The van der Waals surface area contributed by atoms with Crippen LogP contribution in [0.5, 0.6) is 5.88 Å². The number of rotatable bonds is 12. The van der Waals surface area contributed by atoms with E-state index in [1.165, 1.54) is 42.6 Å². The highest BCUT2D eigenvalue weighted by Crippen LogP contribution is 2.35. The fourth-order valence-corrected chi connectivity index (χ4v) is 4.80. The van der Waals surface area contributed by atoms with Crippen LogP contribution in [0.4, 0.5) is 5.69 Å². The predicted molar refractivity (Wildman–Crippen MR) is 135 cm³/mol. The molecular formula is C27H42N4O. The fourth-order valence-electron chi connectivity index (χ4n) is 4.80. The van der Waals surface area contributed by atoms with Crippen LogP contribution in [-0.4, -0.2) is 54.2 Å². The molecule has 1 aliphatic rings. The molecule has 0 unspecified atom stereocenters. The van der Waals surface area contributed by atoms with Gasteiger partial charge < -0.3 is 9.64 Å². The highest BCUT2D eigenvalue weighted by molar-refractivity contribution is 5.69. The van der Waals surface area contributed by atoms with Crippen molar-refractivity contribution in [1.29, 1.82) is 0 Å². The van der Waals surface area contributed by atoms with Crippen LogP contribution in [-0.2, 0) is 12.8 Å². The summed E-state index contributed by atoms with van der Waals surface area (Å²) in [5.41, 5.74) is 5.89. The molecule has 0 radical (unpaired) electrons. The van der Waals surface area contributed by atoms with Crippen molar-refractivity contribution in [2.24, 2.45) is 0 Å². The number of ether oxygens (including phenoxy) is 1. The number of hydrogen-bond acceptors (Lipinski definition) is 5. The Hall–Kier alpha value is -2.14. The van der Waals surface area contributed by atoms with E-state index in [1.807, 2.05) is 0 Å². The third-order valence-corrected chi connectivity index (χ3v) is 6.40. The first-order chi connectivity index (χ1) is 15.6. The molecule has 32 heavy (non-hydrogen) atoms. The van der Waals surface area contributed by atoms with Gasteiger partial charge >= 0.3 is 0 Å². The van der Waals surface area contributed by atoms with E-state index < -0.39 is 0 Å². The Labute approximate surface area is 195 Å². The molecule has 0 aliphatic carbocycles. The van der Waals surface area contributed by atoms with E-state index in [2.05, 4.69) is 62.6 Å². The number of hydrogen-bond donors (Lipinski definition) is 0. The zero-order valence-corrected chi connectivity index (χ0v) is 20.9. The number of likely N-dealkylation sites (tertiary alicyclic amines) is 1. The SMILES string of the molecule is CCCN(CCC)c1c(C)nc(-c2c(CC)cccc2CC)nc1OCCN1CCCC1. The van der Waals surface area contributed by atoms with Crippen molar-refractivity contribution < 1.29 is 4.74 Å². The molecule has 0 N–H and O–H groups in total. The van der Waals surface area contributed by atoms with E-state index in [4.69, 9.17) is 14.7 Å². The second-order valence-corrected chi connectivity index (χ2v) is 8.83. The maximum atomic E-state index is 6.43. The van der Waals surface area contributed by atoms with Crippen molar-refractivity contribution in [3.8, 4) is 17.3 Å². The number of nitrogens with zero attached hydrogens (tertiary/aromatic N) is 4. The Balaban J connectivity index is 2.02. The minimum atomic E-state index is 0.672. The van der Waals surface area contributed by atoms with Gasteiger partial charge in [0.1, 0.15) is 12.3 Å². The summed E-state index contributed by atoms with van der Waals surface area (Å²) in [4.78, 5) is 15.0. The first kappa shape index (κ1) is 24.5. The van der Waals surface area contributed by atoms with Crippen LogP contribution in [0.1, 0.15) is 70.2 Å². The minimum Gasteiger partial charge on any atom is -0.475 e. The molecule has 1 aromatic carbocycles. The zero-order chi connectivity index (χ0) is 22.9. The lowest BCUT2D eigenvalue weighted by atomic mass is 9.97. The zero-order valence-electron chi connectivity index (χ0n) is 20.9. The molecule has 1 fully saturated rings. The smallest absolute Gasteiger partial charge is 0.241 e. The Kier molecular flexibility index (Phi) is 9.34. The van der Waals surface area contributed by atoms with Gasteiger partial charge in [-0.25, -0.2) is 4.98 Å². The molecular weight excluding hydrogens is 396 g/mol. The van der Waals surface area contributed by atoms with E-state index in [-0.39, 0.29) is 0 Å². The average Bonchev–Trinajstić information content (AvgIpc) is 3.31. The normalized spacial score (nSPS) is 14.2. The Bertz CT molecular complexity index is 833. The lowest BCUT2D eigenvalue weighted by Gasteiger charge is -2.27. The van der Waals surface area contributed by atoms with Gasteiger partial charge in [-0.1, -0.05) is 45.9 Å². The Morgan fingerprint density at radius 1 is 0.938 bits per heavy atom. The summed E-state index contributed by atoms with van der Waals surface area (Å²) in [6.07, 6.45) is 6.72. The molecule has 0 spiro atoms. The van der Waals surface area contributed by atoms with Crippen molar-refractivity contribution in [1.82, 2.24) is 14.9 Å². The number of aromatic nitrogens is 2. The first-order valence-electron chi connectivity index (χ1n) is 12.7. The van der Waals surface area contributed by atoms with Crippen molar-refractivity contribution in [2.75, 3.05) is 44.2 Å². The van der Waals surface area contributed by atoms with Crippen LogP contribution in [0.15, 0.2) is 18.2 Å². The quantitative estimate of drug-likeness (QED) is 0.426. The lowest BCUT2D eigenvalue weighted by molar-refractivity contribution is 0.232. The maximum absolute atomic E-state index is 6.43. The van der Waals surface area contributed by atoms with Gasteiger partial charge in [0.2, 0.25) is 5.88 Å². The van der Waals surface area contributed by atoms with Crippen LogP contribution in [0.3, 0.4) is 0 Å². The summed E-state index contributed by atoms with van der Waals surface area (Å²) in [6.45, 7) is 17.0. The van der Waals surface area contributed by atoms with Gasteiger partial charge in [-0.3, -0.25) is 4.90 Å². The Morgan fingerprint density at radius 2 is 1.56 bits per heavy atom. The third kappa shape index (κ3) is 5.80. The molecule has 0 amide bonds. The molecule has 176 valence electrons. The molecule has 0 saturated carbocycles. The van der Waals surface area contributed by atoms with E-state index in [1.54, 1.807) is 0 Å². The molecule has 5 nitrogen and oxygen atoms in total. The van der Waals surface area contributed by atoms with E-state index in [9.17, 15) is 0 Å².